The summed E-state index contributed by atoms with van der Waals surface area (Å²) >= 11 is 0. The number of sulfonamides is 1. The second-order valence-electron chi connectivity index (χ2n) is 7.38. The zero-order chi connectivity index (χ0) is 22.0. The van der Waals surface area contributed by atoms with Gasteiger partial charge in [0.05, 0.1) is 17.2 Å². The number of anilines is 1. The number of rotatable bonds is 6. The predicted molar refractivity (Wildman–Crippen MR) is 117 cm³/mol. The third-order valence-corrected chi connectivity index (χ3v) is 7.11. The SMILES string of the molecule is CCOc1ccc(S(=O)(=O)N2CCN(c3ccc(-n4nc(C)cc4C)nn3)CC2)cc1. The molecule has 1 aromatic carbocycles. The maximum absolute atomic E-state index is 13.0. The average molecular weight is 443 g/mol. The largest absolute Gasteiger partial charge is 0.494 e. The molecule has 9 nitrogen and oxygen atoms in total. The van der Waals surface area contributed by atoms with Crippen LogP contribution in [0.3, 0.4) is 0 Å². The summed E-state index contributed by atoms with van der Waals surface area (Å²) in [7, 11) is -3.54. The zero-order valence-corrected chi connectivity index (χ0v) is 18.7. The van der Waals surface area contributed by atoms with Crippen LogP contribution in [0.15, 0.2) is 47.4 Å². The van der Waals surface area contributed by atoms with E-state index in [1.54, 1.807) is 28.9 Å². The molecule has 0 aliphatic carbocycles. The first-order valence-corrected chi connectivity index (χ1v) is 11.7. The van der Waals surface area contributed by atoms with Gasteiger partial charge in [-0.2, -0.15) is 9.40 Å². The van der Waals surface area contributed by atoms with Crippen molar-refractivity contribution in [3.8, 4) is 11.6 Å². The van der Waals surface area contributed by atoms with Gasteiger partial charge in [-0.3, -0.25) is 0 Å². The molecule has 4 rings (SSSR count). The van der Waals surface area contributed by atoms with Gasteiger partial charge in [0, 0.05) is 31.9 Å². The van der Waals surface area contributed by atoms with Crippen molar-refractivity contribution in [1.29, 1.82) is 0 Å². The zero-order valence-electron chi connectivity index (χ0n) is 17.9. The van der Waals surface area contributed by atoms with Crippen LogP contribution >= 0.6 is 0 Å². The summed E-state index contributed by atoms with van der Waals surface area (Å²) in [5.74, 6) is 2.04. The highest BCUT2D eigenvalue weighted by atomic mass is 32.2. The van der Waals surface area contributed by atoms with E-state index in [9.17, 15) is 8.42 Å². The van der Waals surface area contributed by atoms with Gasteiger partial charge in [0.2, 0.25) is 10.0 Å². The first-order valence-electron chi connectivity index (χ1n) is 10.2. The molecule has 1 fully saturated rings. The van der Waals surface area contributed by atoms with Crippen LogP contribution in [0.1, 0.15) is 18.3 Å². The molecule has 0 bridgehead atoms. The van der Waals surface area contributed by atoms with Crippen molar-refractivity contribution in [3.63, 3.8) is 0 Å². The molecule has 0 saturated carbocycles. The van der Waals surface area contributed by atoms with Gasteiger partial charge in [-0.25, -0.2) is 13.1 Å². The summed E-state index contributed by atoms with van der Waals surface area (Å²) in [4.78, 5) is 2.32. The smallest absolute Gasteiger partial charge is 0.243 e. The van der Waals surface area contributed by atoms with Crippen LogP contribution in [-0.4, -0.2) is 65.5 Å². The van der Waals surface area contributed by atoms with E-state index in [4.69, 9.17) is 4.74 Å². The van der Waals surface area contributed by atoms with E-state index in [1.165, 1.54) is 4.31 Å². The molecule has 0 radical (unpaired) electrons. The predicted octanol–water partition coefficient (Wildman–Crippen LogP) is 2.19. The van der Waals surface area contributed by atoms with Gasteiger partial charge in [0.15, 0.2) is 11.6 Å². The molecule has 0 N–H and O–H groups in total. The summed E-state index contributed by atoms with van der Waals surface area (Å²) in [6.45, 7) is 8.20. The third kappa shape index (κ3) is 4.40. The van der Waals surface area contributed by atoms with Crippen LogP contribution < -0.4 is 9.64 Å². The molecular weight excluding hydrogens is 416 g/mol. The minimum Gasteiger partial charge on any atom is -0.494 e. The van der Waals surface area contributed by atoms with Gasteiger partial charge in [0.25, 0.3) is 0 Å². The Hall–Kier alpha value is -2.98. The molecular formula is C21H26N6O3S. The molecule has 3 heterocycles. The fourth-order valence-electron chi connectivity index (χ4n) is 3.64. The normalized spacial score (nSPS) is 15.3. The number of nitrogens with zero attached hydrogens (tertiary/aromatic N) is 6. The van der Waals surface area contributed by atoms with Crippen molar-refractivity contribution in [3.05, 3.63) is 53.9 Å². The van der Waals surface area contributed by atoms with E-state index in [0.717, 1.165) is 17.2 Å². The number of ether oxygens (including phenoxy) is 1. The van der Waals surface area contributed by atoms with Crippen LogP contribution in [-0.2, 0) is 10.0 Å². The summed E-state index contributed by atoms with van der Waals surface area (Å²) in [6.07, 6.45) is 0. The molecule has 0 atom stereocenters. The number of benzene rings is 1. The van der Waals surface area contributed by atoms with Crippen LogP contribution in [0.5, 0.6) is 5.75 Å². The number of aromatic nitrogens is 4. The quantitative estimate of drug-likeness (QED) is 0.578. The van der Waals surface area contributed by atoms with E-state index in [2.05, 4.69) is 15.3 Å². The van der Waals surface area contributed by atoms with Crippen LogP contribution in [0.2, 0.25) is 0 Å². The van der Waals surface area contributed by atoms with E-state index >= 15 is 0 Å². The maximum atomic E-state index is 13.0. The van der Waals surface area contributed by atoms with Crippen molar-refractivity contribution in [2.45, 2.75) is 25.7 Å². The van der Waals surface area contributed by atoms with Crippen LogP contribution in [0.25, 0.3) is 5.82 Å². The van der Waals surface area contributed by atoms with E-state index in [1.807, 2.05) is 43.9 Å². The molecule has 164 valence electrons. The van der Waals surface area contributed by atoms with Crippen LogP contribution in [0.4, 0.5) is 5.82 Å². The van der Waals surface area contributed by atoms with Gasteiger partial charge in [-0.15, -0.1) is 10.2 Å². The molecule has 2 aromatic heterocycles. The molecule has 31 heavy (non-hydrogen) atoms. The molecule has 0 unspecified atom stereocenters. The van der Waals surface area contributed by atoms with Crippen molar-refractivity contribution in [2.24, 2.45) is 0 Å². The van der Waals surface area contributed by atoms with Crippen LogP contribution in [0, 0.1) is 13.8 Å². The standard InChI is InChI=1S/C21H26N6O3S/c1-4-30-18-5-7-19(8-6-18)31(28,29)26-13-11-25(12-14-26)20-9-10-21(23-22-20)27-17(3)15-16(2)24-27/h5-10,15H,4,11-14H2,1-3H3. The highest BCUT2D eigenvalue weighted by Crippen LogP contribution is 2.22. The minimum absolute atomic E-state index is 0.276. The Balaban J connectivity index is 1.41. The molecule has 0 amide bonds. The van der Waals surface area contributed by atoms with E-state index in [0.29, 0.717) is 44.4 Å². The molecule has 0 spiro atoms. The number of hydrogen-bond donors (Lipinski definition) is 0. The molecule has 10 heteroatoms. The topological polar surface area (TPSA) is 93.5 Å². The Morgan fingerprint density at radius 3 is 2.13 bits per heavy atom. The summed E-state index contributed by atoms with van der Waals surface area (Å²) in [6, 6.07) is 12.3. The van der Waals surface area contributed by atoms with E-state index < -0.39 is 10.0 Å². The van der Waals surface area contributed by atoms with Gasteiger partial charge in [0.1, 0.15) is 5.75 Å². The Kier molecular flexibility index (Phi) is 5.92. The van der Waals surface area contributed by atoms with Gasteiger partial charge in [-0.05, 0) is 63.2 Å². The first kappa shape index (κ1) is 21.3. The van der Waals surface area contributed by atoms with E-state index in [-0.39, 0.29) is 4.90 Å². The second-order valence-corrected chi connectivity index (χ2v) is 9.32. The lowest BCUT2D eigenvalue weighted by molar-refractivity contribution is 0.340. The minimum atomic E-state index is -3.54. The second kappa shape index (κ2) is 8.64. The maximum Gasteiger partial charge on any atom is 0.243 e. The first-order chi connectivity index (χ1) is 14.9. The molecule has 1 aliphatic rings. The summed E-state index contributed by atoms with van der Waals surface area (Å²) in [5, 5.41) is 13.1. The monoisotopic (exact) mass is 442 g/mol. The highest BCUT2D eigenvalue weighted by molar-refractivity contribution is 7.89. The number of hydrogen-bond acceptors (Lipinski definition) is 7. The lowest BCUT2D eigenvalue weighted by Gasteiger charge is -2.34. The lowest BCUT2D eigenvalue weighted by atomic mass is 10.3. The number of piperazine rings is 1. The third-order valence-electron chi connectivity index (χ3n) is 5.20. The van der Waals surface area contributed by atoms with Gasteiger partial charge >= 0.3 is 0 Å². The Morgan fingerprint density at radius 2 is 1.58 bits per heavy atom. The molecule has 1 aliphatic heterocycles. The van der Waals surface area contributed by atoms with Crippen molar-refractivity contribution < 1.29 is 13.2 Å². The Labute approximate surface area is 182 Å². The summed E-state index contributed by atoms with van der Waals surface area (Å²) in [5.41, 5.74) is 1.92. The Bertz CT molecular complexity index is 1130. The molecule has 1 saturated heterocycles. The fraction of sp³-hybridized carbons (Fsp3) is 0.381. The van der Waals surface area contributed by atoms with Gasteiger partial charge < -0.3 is 9.64 Å². The van der Waals surface area contributed by atoms with Crippen molar-refractivity contribution >= 4 is 15.8 Å². The number of aryl methyl sites for hydroxylation is 2. The van der Waals surface area contributed by atoms with Crippen molar-refractivity contribution in [2.75, 3.05) is 37.7 Å². The fourth-order valence-corrected chi connectivity index (χ4v) is 5.06. The Morgan fingerprint density at radius 1 is 0.935 bits per heavy atom. The lowest BCUT2D eigenvalue weighted by Crippen LogP contribution is -2.49. The summed E-state index contributed by atoms with van der Waals surface area (Å²) < 4.78 is 34.6. The highest BCUT2D eigenvalue weighted by Gasteiger charge is 2.29. The van der Waals surface area contributed by atoms with Crippen molar-refractivity contribution in [1.82, 2.24) is 24.3 Å². The van der Waals surface area contributed by atoms with Gasteiger partial charge in [-0.1, -0.05) is 0 Å². The molecule has 3 aromatic rings. The average Bonchev–Trinajstić information content (AvgIpc) is 3.12.